The predicted octanol–water partition coefficient (Wildman–Crippen LogP) is 12.6. The Balaban J connectivity index is 0.00000171. The van der Waals surface area contributed by atoms with Crippen LogP contribution in [0.5, 0.6) is 0 Å². The topological polar surface area (TPSA) is 3.24 Å². The molecule has 0 radical (unpaired) electrons. The maximum absolute atomic E-state index is 2.47. The molecule has 0 unspecified atom stereocenters. The van der Waals surface area contributed by atoms with Gasteiger partial charge < -0.3 is 4.90 Å². The van der Waals surface area contributed by atoms with E-state index in [1.165, 1.54) is 72.7 Å². The molecule has 240 valence electrons. The van der Waals surface area contributed by atoms with E-state index in [1.54, 1.807) is 0 Å². The molecule has 0 fully saturated rings. The van der Waals surface area contributed by atoms with Crippen LogP contribution in [0.3, 0.4) is 0 Å². The molecule has 0 aliphatic heterocycles. The Bertz CT molecular complexity index is 2170. The predicted molar refractivity (Wildman–Crippen MR) is 208 cm³/mol. The van der Waals surface area contributed by atoms with Crippen molar-refractivity contribution in [2.24, 2.45) is 0 Å². The van der Waals surface area contributed by atoms with Crippen molar-refractivity contribution in [1.82, 2.24) is 0 Å². The lowest BCUT2D eigenvalue weighted by atomic mass is 9.55. The molecule has 49 heavy (non-hydrogen) atoms. The van der Waals surface area contributed by atoms with Crippen LogP contribution in [-0.4, -0.2) is 0 Å². The fraction of sp³-hybridized carbons (Fsp3) is 0.167. The Labute approximate surface area is 291 Å². The molecule has 0 N–H and O–H groups in total. The zero-order chi connectivity index (χ0) is 33.6. The summed E-state index contributed by atoms with van der Waals surface area (Å²) in [6.45, 7) is 8.77. The van der Waals surface area contributed by atoms with Crippen LogP contribution in [0.2, 0.25) is 0 Å². The van der Waals surface area contributed by atoms with Gasteiger partial charge in [-0.3, -0.25) is 0 Å². The fourth-order valence-electron chi connectivity index (χ4n) is 8.76. The molecule has 6 aromatic rings. The summed E-state index contributed by atoms with van der Waals surface area (Å²) in [5.41, 5.74) is 16.9. The van der Waals surface area contributed by atoms with Gasteiger partial charge in [0.15, 0.2) is 0 Å². The molecule has 1 heteroatoms. The van der Waals surface area contributed by atoms with E-state index in [4.69, 9.17) is 0 Å². The van der Waals surface area contributed by atoms with Crippen molar-refractivity contribution >= 4 is 16.9 Å². The second-order valence-corrected chi connectivity index (χ2v) is 13.6. The third kappa shape index (κ3) is 4.67. The second-order valence-electron chi connectivity index (χ2n) is 13.6. The second kappa shape index (κ2) is 12.2. The quantitative estimate of drug-likeness (QED) is 0.186. The van der Waals surface area contributed by atoms with Crippen LogP contribution in [0.1, 0.15) is 79.5 Å². The molecule has 6 aromatic carbocycles. The van der Waals surface area contributed by atoms with Crippen molar-refractivity contribution in [2.45, 2.75) is 51.4 Å². The van der Waals surface area contributed by atoms with E-state index in [1.807, 2.05) is 13.8 Å². The summed E-state index contributed by atoms with van der Waals surface area (Å²) in [4.78, 5) is 2.47. The van der Waals surface area contributed by atoms with E-state index in [0.717, 1.165) is 12.8 Å². The van der Waals surface area contributed by atoms with Crippen molar-refractivity contribution < 1.29 is 0 Å². The number of rotatable bonds is 4. The highest BCUT2D eigenvalue weighted by molar-refractivity contribution is 5.91. The highest BCUT2D eigenvalue weighted by atomic mass is 15.1. The largest absolute Gasteiger partial charge is 0.314 e. The lowest BCUT2D eigenvalue weighted by Gasteiger charge is -2.46. The lowest BCUT2D eigenvalue weighted by molar-refractivity contribution is 0.563. The Kier molecular flexibility index (Phi) is 7.72. The van der Waals surface area contributed by atoms with Gasteiger partial charge in [-0.1, -0.05) is 161 Å². The Morgan fingerprint density at radius 2 is 0.980 bits per heavy atom. The SMILES string of the molecule is CC.CC1(C)c2ccccc2C2(c3ccccc3-c3cc(N(C4=CC=C(c5ccccc5)CC4)c4ccccc4)ccc32)c2ccccc21. The van der Waals surface area contributed by atoms with Crippen LogP contribution in [0.15, 0.2) is 170 Å². The molecule has 0 saturated carbocycles. The monoisotopic (exact) mass is 633 g/mol. The fourth-order valence-corrected chi connectivity index (χ4v) is 8.76. The van der Waals surface area contributed by atoms with Gasteiger partial charge in [0.25, 0.3) is 0 Å². The summed E-state index contributed by atoms with van der Waals surface area (Å²) in [5.74, 6) is 0. The van der Waals surface area contributed by atoms with E-state index in [9.17, 15) is 0 Å². The van der Waals surface area contributed by atoms with Gasteiger partial charge in [-0.2, -0.15) is 0 Å². The van der Waals surface area contributed by atoms with Crippen molar-refractivity contribution in [3.63, 3.8) is 0 Å². The van der Waals surface area contributed by atoms with E-state index in [0.29, 0.717) is 0 Å². The van der Waals surface area contributed by atoms with Gasteiger partial charge in [0.2, 0.25) is 0 Å². The summed E-state index contributed by atoms with van der Waals surface area (Å²) in [7, 11) is 0. The number of anilines is 2. The number of para-hydroxylation sites is 1. The normalized spacial score (nSPS) is 15.8. The Hall–Kier alpha value is -5.40. The van der Waals surface area contributed by atoms with Crippen LogP contribution in [0.25, 0.3) is 16.7 Å². The standard InChI is InChI=1S/C46H37N.C2H6/c1-45(2)41-21-11-13-23-43(41)46(44-24-14-12-22-42(44)45)39-20-10-9-19-37(39)38-31-36(29-30-40(38)46)47(34-17-7-4-8-18-34)35-27-25-33(26-28-35)32-15-5-3-6-16-32;1-2/h3-25,27,29-31H,26,28H2,1-2H3;1-2H3. The first-order valence-corrected chi connectivity index (χ1v) is 17.8. The van der Waals surface area contributed by atoms with Gasteiger partial charge in [0.05, 0.1) is 5.41 Å². The smallest absolute Gasteiger partial charge is 0.0719 e. The number of fused-ring (bicyclic) bond motifs is 9. The van der Waals surface area contributed by atoms with E-state index >= 15 is 0 Å². The molecule has 0 bridgehead atoms. The summed E-state index contributed by atoms with van der Waals surface area (Å²) in [5, 5.41) is 0. The van der Waals surface area contributed by atoms with E-state index in [2.05, 4.69) is 183 Å². The van der Waals surface area contributed by atoms with Crippen molar-refractivity contribution in [1.29, 1.82) is 0 Å². The van der Waals surface area contributed by atoms with Gasteiger partial charge in [-0.05, 0) is 98.8 Å². The third-order valence-corrected chi connectivity index (χ3v) is 10.9. The highest BCUT2D eigenvalue weighted by Gasteiger charge is 2.53. The first-order chi connectivity index (χ1) is 24.1. The third-order valence-electron chi connectivity index (χ3n) is 10.9. The molecule has 0 saturated heterocycles. The van der Waals surface area contributed by atoms with Crippen LogP contribution in [-0.2, 0) is 10.8 Å². The van der Waals surface area contributed by atoms with E-state index < -0.39 is 0 Å². The molecule has 3 aliphatic carbocycles. The maximum Gasteiger partial charge on any atom is 0.0719 e. The van der Waals surface area contributed by atoms with Gasteiger partial charge >= 0.3 is 0 Å². The van der Waals surface area contributed by atoms with Crippen LogP contribution in [0, 0.1) is 0 Å². The van der Waals surface area contributed by atoms with Crippen molar-refractivity contribution in [3.05, 3.63) is 208 Å². The van der Waals surface area contributed by atoms with Crippen LogP contribution in [0.4, 0.5) is 11.4 Å². The van der Waals surface area contributed by atoms with Crippen LogP contribution >= 0.6 is 0 Å². The average Bonchev–Trinajstić information content (AvgIpc) is 3.46. The van der Waals surface area contributed by atoms with Crippen LogP contribution < -0.4 is 4.90 Å². The minimum atomic E-state index is -0.373. The number of hydrogen-bond donors (Lipinski definition) is 0. The Morgan fingerprint density at radius 3 is 1.59 bits per heavy atom. The molecule has 0 amide bonds. The first-order valence-electron chi connectivity index (χ1n) is 17.8. The van der Waals surface area contributed by atoms with Gasteiger partial charge in [-0.15, -0.1) is 0 Å². The van der Waals surface area contributed by atoms with Gasteiger partial charge in [-0.25, -0.2) is 0 Å². The lowest BCUT2D eigenvalue weighted by Crippen LogP contribution is -2.40. The molecule has 0 heterocycles. The molecule has 1 spiro atoms. The first kappa shape index (κ1) is 30.9. The van der Waals surface area contributed by atoms with Gasteiger partial charge in [0.1, 0.15) is 0 Å². The number of nitrogens with zero attached hydrogens (tertiary/aromatic N) is 1. The summed E-state index contributed by atoms with van der Waals surface area (Å²) in [6, 6.07) is 56.4. The molecule has 1 nitrogen and oxygen atoms in total. The maximum atomic E-state index is 2.47. The number of allylic oxidation sites excluding steroid dienone is 4. The average molecular weight is 634 g/mol. The van der Waals surface area contributed by atoms with Crippen molar-refractivity contribution in [3.8, 4) is 11.1 Å². The zero-order valence-electron chi connectivity index (χ0n) is 28.9. The minimum Gasteiger partial charge on any atom is -0.314 e. The molecule has 0 aromatic heterocycles. The molecule has 9 rings (SSSR count). The Morgan fingerprint density at radius 1 is 0.449 bits per heavy atom. The molecule has 0 atom stereocenters. The molecular formula is C48H43N. The highest BCUT2D eigenvalue weighted by Crippen LogP contribution is 2.62. The summed E-state index contributed by atoms with van der Waals surface area (Å²) < 4.78 is 0. The number of benzene rings is 6. The summed E-state index contributed by atoms with van der Waals surface area (Å²) in [6.07, 6.45) is 6.64. The van der Waals surface area contributed by atoms with Gasteiger partial charge in [0, 0.05) is 22.5 Å². The zero-order valence-corrected chi connectivity index (χ0v) is 28.9. The molecule has 3 aliphatic rings. The number of hydrogen-bond acceptors (Lipinski definition) is 1. The summed E-state index contributed by atoms with van der Waals surface area (Å²) >= 11 is 0. The molecular weight excluding hydrogens is 591 g/mol. The van der Waals surface area contributed by atoms with E-state index in [-0.39, 0.29) is 10.8 Å². The van der Waals surface area contributed by atoms with Crippen molar-refractivity contribution in [2.75, 3.05) is 4.90 Å². The minimum absolute atomic E-state index is 0.0975.